The number of aryl methyl sites for hydroxylation is 1. The lowest BCUT2D eigenvalue weighted by Crippen LogP contribution is -2.42. The predicted octanol–water partition coefficient (Wildman–Crippen LogP) is 1.66. The first-order valence-electron chi connectivity index (χ1n) is 8.70. The number of para-hydroxylation sites is 1. The molecule has 138 valence electrons. The molecule has 1 aromatic carbocycles. The zero-order chi connectivity index (χ0) is 18.4. The maximum absolute atomic E-state index is 12.4. The molecule has 2 aromatic rings. The number of amides is 2. The van der Waals surface area contributed by atoms with Gasteiger partial charge < -0.3 is 10.2 Å². The van der Waals surface area contributed by atoms with Gasteiger partial charge in [-0.25, -0.2) is 4.68 Å². The van der Waals surface area contributed by atoms with Gasteiger partial charge in [0.2, 0.25) is 17.0 Å². The van der Waals surface area contributed by atoms with Crippen molar-refractivity contribution < 1.29 is 9.59 Å². The van der Waals surface area contributed by atoms with Crippen LogP contribution in [-0.4, -0.2) is 55.8 Å². The van der Waals surface area contributed by atoms with Crippen LogP contribution in [0, 0.1) is 5.92 Å². The predicted molar refractivity (Wildman–Crippen MR) is 98.6 cm³/mol. The van der Waals surface area contributed by atoms with Gasteiger partial charge in [-0.3, -0.25) is 9.59 Å². The van der Waals surface area contributed by atoms with E-state index in [0.29, 0.717) is 43.4 Å². The lowest BCUT2D eigenvalue weighted by Gasteiger charge is -2.31. The average molecular weight is 374 g/mol. The second-order valence-electron chi connectivity index (χ2n) is 6.08. The van der Waals surface area contributed by atoms with Gasteiger partial charge in [0.25, 0.3) is 0 Å². The highest BCUT2D eigenvalue weighted by Gasteiger charge is 2.27. The van der Waals surface area contributed by atoms with Crippen LogP contribution in [-0.2, 0) is 16.1 Å². The van der Waals surface area contributed by atoms with Gasteiger partial charge in [0.05, 0.1) is 5.75 Å². The molecule has 9 heteroatoms. The zero-order valence-corrected chi connectivity index (χ0v) is 15.5. The highest BCUT2D eigenvalue weighted by atomic mass is 32.2. The van der Waals surface area contributed by atoms with Crippen molar-refractivity contribution in [3.63, 3.8) is 0 Å². The summed E-state index contributed by atoms with van der Waals surface area (Å²) in [5, 5.41) is 15.0. The minimum Gasteiger partial charge on any atom is -0.342 e. The number of carbonyl (C=O) groups is 2. The van der Waals surface area contributed by atoms with E-state index in [4.69, 9.17) is 0 Å². The van der Waals surface area contributed by atoms with Crippen LogP contribution in [0.25, 0.3) is 0 Å². The number of thioether (sulfide) groups is 1. The molecular weight excluding hydrogens is 352 g/mol. The van der Waals surface area contributed by atoms with Crippen molar-refractivity contribution in [1.29, 1.82) is 0 Å². The first-order chi connectivity index (χ1) is 12.7. The second-order valence-corrected chi connectivity index (χ2v) is 7.02. The van der Waals surface area contributed by atoms with E-state index in [2.05, 4.69) is 20.8 Å². The van der Waals surface area contributed by atoms with Crippen molar-refractivity contribution in [2.24, 2.45) is 5.92 Å². The normalized spacial score (nSPS) is 15.0. The Morgan fingerprint density at radius 2 is 1.96 bits per heavy atom. The number of tetrazole rings is 1. The number of hydrogen-bond donors (Lipinski definition) is 1. The van der Waals surface area contributed by atoms with E-state index in [0.717, 1.165) is 5.69 Å². The molecule has 1 N–H and O–H groups in total. The number of nitrogens with zero attached hydrogens (tertiary/aromatic N) is 5. The van der Waals surface area contributed by atoms with Gasteiger partial charge in [0.15, 0.2) is 0 Å². The van der Waals surface area contributed by atoms with Gasteiger partial charge in [0, 0.05) is 31.2 Å². The fraction of sp³-hybridized carbons (Fsp3) is 0.471. The van der Waals surface area contributed by atoms with Crippen LogP contribution in [0.1, 0.15) is 19.8 Å². The van der Waals surface area contributed by atoms with Gasteiger partial charge in [-0.1, -0.05) is 30.0 Å². The Bertz CT molecular complexity index is 743. The van der Waals surface area contributed by atoms with Crippen LogP contribution in [0.3, 0.4) is 0 Å². The number of nitrogens with one attached hydrogen (secondary N) is 1. The fourth-order valence-electron chi connectivity index (χ4n) is 2.87. The number of aromatic nitrogens is 4. The Labute approximate surface area is 156 Å². The van der Waals surface area contributed by atoms with E-state index in [1.165, 1.54) is 11.8 Å². The molecule has 8 nitrogen and oxygen atoms in total. The minimum atomic E-state index is -0.0562. The van der Waals surface area contributed by atoms with Crippen molar-refractivity contribution in [2.75, 3.05) is 24.2 Å². The number of benzene rings is 1. The van der Waals surface area contributed by atoms with Crippen LogP contribution < -0.4 is 5.32 Å². The molecule has 0 atom stereocenters. The third-order valence-electron chi connectivity index (χ3n) is 4.38. The van der Waals surface area contributed by atoms with Gasteiger partial charge in [-0.15, -0.1) is 5.10 Å². The minimum absolute atomic E-state index is 0.0276. The van der Waals surface area contributed by atoms with Crippen molar-refractivity contribution in [1.82, 2.24) is 25.1 Å². The molecule has 0 bridgehead atoms. The SMILES string of the molecule is CCn1nnnc1SCC(=O)N1CCC(C(=O)Nc2ccccc2)CC1. The van der Waals surface area contributed by atoms with Crippen molar-refractivity contribution >= 4 is 29.3 Å². The number of anilines is 1. The smallest absolute Gasteiger partial charge is 0.233 e. The lowest BCUT2D eigenvalue weighted by molar-refractivity contribution is -0.132. The Kier molecular flexibility index (Phi) is 6.21. The first-order valence-corrected chi connectivity index (χ1v) is 9.68. The van der Waals surface area contributed by atoms with Crippen LogP contribution in [0.15, 0.2) is 35.5 Å². The molecule has 3 rings (SSSR count). The summed E-state index contributed by atoms with van der Waals surface area (Å²) in [7, 11) is 0. The lowest BCUT2D eigenvalue weighted by atomic mass is 9.96. The molecule has 1 aliphatic rings. The summed E-state index contributed by atoms with van der Waals surface area (Å²) in [6, 6.07) is 9.44. The van der Waals surface area contributed by atoms with Crippen LogP contribution >= 0.6 is 11.8 Å². The monoisotopic (exact) mass is 374 g/mol. The maximum atomic E-state index is 12.4. The molecule has 0 aliphatic carbocycles. The van der Waals surface area contributed by atoms with Crippen molar-refractivity contribution in [2.45, 2.75) is 31.5 Å². The quantitative estimate of drug-likeness (QED) is 0.773. The number of piperidine rings is 1. The van der Waals surface area contributed by atoms with Crippen LogP contribution in [0.4, 0.5) is 5.69 Å². The molecule has 26 heavy (non-hydrogen) atoms. The van der Waals surface area contributed by atoms with E-state index in [1.807, 2.05) is 42.2 Å². The Morgan fingerprint density at radius 3 is 2.65 bits per heavy atom. The molecule has 1 aromatic heterocycles. The Morgan fingerprint density at radius 1 is 1.23 bits per heavy atom. The first kappa shape index (κ1) is 18.4. The molecule has 1 fully saturated rings. The van der Waals surface area contributed by atoms with Crippen molar-refractivity contribution in [3.8, 4) is 0 Å². The molecule has 2 amide bonds. The Balaban J connectivity index is 1.44. The Hall–Kier alpha value is -2.42. The highest BCUT2D eigenvalue weighted by Crippen LogP contribution is 2.21. The van der Waals surface area contributed by atoms with E-state index >= 15 is 0 Å². The summed E-state index contributed by atoms with van der Waals surface area (Å²) in [5.41, 5.74) is 0.807. The molecule has 1 aliphatic heterocycles. The molecule has 0 saturated carbocycles. The molecule has 0 unspecified atom stereocenters. The summed E-state index contributed by atoms with van der Waals surface area (Å²) in [5.74, 6) is 0.336. The fourth-order valence-corrected chi connectivity index (χ4v) is 3.72. The molecule has 0 spiro atoms. The molecule has 2 heterocycles. The highest BCUT2D eigenvalue weighted by molar-refractivity contribution is 7.99. The van der Waals surface area contributed by atoms with Gasteiger partial charge in [-0.05, 0) is 42.3 Å². The third kappa shape index (κ3) is 4.60. The standard InChI is InChI=1S/C17H22N6O2S/c1-2-23-17(19-20-21-23)26-12-15(24)22-10-8-13(9-11-22)16(25)18-14-6-4-3-5-7-14/h3-7,13H,2,8-12H2,1H3,(H,18,25). The molecule has 0 radical (unpaired) electrons. The third-order valence-corrected chi connectivity index (χ3v) is 5.32. The topological polar surface area (TPSA) is 93.0 Å². The summed E-state index contributed by atoms with van der Waals surface area (Å²) in [6.45, 7) is 3.83. The number of carbonyl (C=O) groups excluding carboxylic acids is 2. The van der Waals surface area contributed by atoms with Gasteiger partial charge in [0.1, 0.15) is 0 Å². The summed E-state index contributed by atoms with van der Waals surface area (Å²) < 4.78 is 1.66. The van der Waals surface area contributed by atoms with Crippen LogP contribution in [0.2, 0.25) is 0 Å². The van der Waals surface area contributed by atoms with Crippen LogP contribution in [0.5, 0.6) is 0 Å². The number of rotatable bonds is 6. The number of hydrogen-bond acceptors (Lipinski definition) is 6. The summed E-state index contributed by atoms with van der Waals surface area (Å²) >= 11 is 1.35. The van der Waals surface area contributed by atoms with E-state index in [-0.39, 0.29) is 17.7 Å². The van der Waals surface area contributed by atoms with E-state index in [9.17, 15) is 9.59 Å². The van der Waals surface area contributed by atoms with E-state index in [1.54, 1.807) is 4.68 Å². The zero-order valence-electron chi connectivity index (χ0n) is 14.7. The summed E-state index contributed by atoms with van der Waals surface area (Å²) in [4.78, 5) is 26.6. The second kappa shape index (κ2) is 8.79. The molecule has 1 saturated heterocycles. The van der Waals surface area contributed by atoms with Crippen molar-refractivity contribution in [3.05, 3.63) is 30.3 Å². The largest absolute Gasteiger partial charge is 0.342 e. The maximum Gasteiger partial charge on any atom is 0.233 e. The molecular formula is C17H22N6O2S. The average Bonchev–Trinajstić information content (AvgIpc) is 3.14. The van der Waals surface area contributed by atoms with Gasteiger partial charge >= 0.3 is 0 Å². The van der Waals surface area contributed by atoms with E-state index < -0.39 is 0 Å². The van der Waals surface area contributed by atoms with Gasteiger partial charge in [-0.2, -0.15) is 0 Å². The number of likely N-dealkylation sites (tertiary alicyclic amines) is 1. The summed E-state index contributed by atoms with van der Waals surface area (Å²) in [6.07, 6.45) is 1.36.